The molecule has 0 atom stereocenters. The summed E-state index contributed by atoms with van der Waals surface area (Å²) in [6.45, 7) is 6.94. The number of hydrogen-bond donors (Lipinski definition) is 0. The van der Waals surface area contributed by atoms with Gasteiger partial charge in [0, 0.05) is 10.7 Å². The van der Waals surface area contributed by atoms with Crippen molar-refractivity contribution in [3.8, 4) is 0 Å². The Morgan fingerprint density at radius 3 is 1.07 bits per heavy atom. The average molecular weight is 708 g/mol. The van der Waals surface area contributed by atoms with Crippen LogP contribution in [-0.2, 0) is 19.3 Å². The highest BCUT2D eigenvalue weighted by Gasteiger charge is 2.19. The first-order valence-electron chi connectivity index (χ1n) is 11.2. The second kappa shape index (κ2) is 16.1. The predicted octanol–water partition coefficient (Wildman–Crippen LogP) is 9.87. The molecule has 0 unspecified atom stereocenters. The van der Waals surface area contributed by atoms with Gasteiger partial charge in [-0.05, 0) is 123 Å². The summed E-state index contributed by atoms with van der Waals surface area (Å²) in [7, 11) is 0. The SMILES string of the molecule is CCCCCCc1c(I)c(I)c(I)c(CCCCCC)c1CCCCCC. The molecule has 0 aliphatic heterocycles. The Kier molecular flexibility index (Phi) is 15.8. The molecular formula is C24H39I3. The minimum absolute atomic E-state index is 1.29. The van der Waals surface area contributed by atoms with Crippen LogP contribution in [0, 0.1) is 10.7 Å². The molecule has 0 radical (unpaired) electrons. The quantitative estimate of drug-likeness (QED) is 0.0968. The van der Waals surface area contributed by atoms with Gasteiger partial charge < -0.3 is 0 Å². The van der Waals surface area contributed by atoms with Crippen molar-refractivity contribution in [1.29, 1.82) is 0 Å². The second-order valence-electron chi connectivity index (χ2n) is 7.81. The molecule has 0 aliphatic carbocycles. The van der Waals surface area contributed by atoms with Gasteiger partial charge in [0.1, 0.15) is 0 Å². The first-order valence-corrected chi connectivity index (χ1v) is 14.5. The zero-order valence-electron chi connectivity index (χ0n) is 17.7. The third kappa shape index (κ3) is 9.39. The van der Waals surface area contributed by atoms with Crippen LogP contribution in [0.1, 0.15) is 115 Å². The lowest BCUT2D eigenvalue weighted by molar-refractivity contribution is 0.637. The van der Waals surface area contributed by atoms with Crippen molar-refractivity contribution in [2.45, 2.75) is 117 Å². The van der Waals surface area contributed by atoms with E-state index in [0.29, 0.717) is 0 Å². The third-order valence-electron chi connectivity index (χ3n) is 5.48. The molecule has 156 valence electrons. The Bertz CT molecular complexity index is 498. The molecule has 0 nitrogen and oxygen atoms in total. The van der Waals surface area contributed by atoms with Gasteiger partial charge in [0.2, 0.25) is 0 Å². The molecule has 1 aromatic rings. The van der Waals surface area contributed by atoms with Crippen molar-refractivity contribution in [1.82, 2.24) is 0 Å². The Morgan fingerprint density at radius 2 is 0.741 bits per heavy atom. The monoisotopic (exact) mass is 708 g/mol. The van der Waals surface area contributed by atoms with Gasteiger partial charge in [-0.2, -0.15) is 0 Å². The maximum atomic E-state index is 2.64. The van der Waals surface area contributed by atoms with E-state index in [1.54, 1.807) is 23.8 Å². The molecule has 0 spiro atoms. The highest BCUT2D eigenvalue weighted by molar-refractivity contribution is 14.1. The fourth-order valence-corrected chi connectivity index (χ4v) is 6.71. The smallest absolute Gasteiger partial charge is 0.0403 e. The van der Waals surface area contributed by atoms with Crippen molar-refractivity contribution in [2.75, 3.05) is 0 Å². The van der Waals surface area contributed by atoms with Gasteiger partial charge in [0.05, 0.1) is 0 Å². The van der Waals surface area contributed by atoms with Gasteiger partial charge in [-0.1, -0.05) is 78.6 Å². The van der Waals surface area contributed by atoms with Gasteiger partial charge in [0.15, 0.2) is 0 Å². The maximum Gasteiger partial charge on any atom is 0.0403 e. The number of unbranched alkanes of at least 4 members (excludes halogenated alkanes) is 9. The van der Waals surface area contributed by atoms with Gasteiger partial charge in [-0.15, -0.1) is 0 Å². The van der Waals surface area contributed by atoms with Gasteiger partial charge in [-0.25, -0.2) is 0 Å². The van der Waals surface area contributed by atoms with E-state index in [2.05, 4.69) is 88.5 Å². The van der Waals surface area contributed by atoms with Crippen molar-refractivity contribution in [2.24, 2.45) is 0 Å². The minimum Gasteiger partial charge on any atom is -0.0654 e. The summed E-state index contributed by atoms with van der Waals surface area (Å²) in [5.41, 5.74) is 5.16. The van der Waals surface area contributed by atoms with Crippen LogP contribution in [0.25, 0.3) is 0 Å². The van der Waals surface area contributed by atoms with E-state index in [9.17, 15) is 0 Å². The molecule has 0 aromatic heterocycles. The topological polar surface area (TPSA) is 0 Å². The Balaban J connectivity index is 3.08. The van der Waals surface area contributed by atoms with Gasteiger partial charge in [0.25, 0.3) is 0 Å². The van der Waals surface area contributed by atoms with Crippen molar-refractivity contribution in [3.05, 3.63) is 27.4 Å². The average Bonchev–Trinajstić information content (AvgIpc) is 2.67. The number of rotatable bonds is 15. The lowest BCUT2D eigenvalue weighted by Gasteiger charge is -2.21. The zero-order chi connectivity index (χ0) is 20.1. The van der Waals surface area contributed by atoms with E-state index in [-0.39, 0.29) is 0 Å². The van der Waals surface area contributed by atoms with Gasteiger partial charge in [-0.3, -0.25) is 0 Å². The molecule has 0 N–H and O–H groups in total. The van der Waals surface area contributed by atoms with Crippen LogP contribution in [0.5, 0.6) is 0 Å². The molecule has 0 bridgehead atoms. The van der Waals surface area contributed by atoms with Gasteiger partial charge >= 0.3 is 0 Å². The summed E-state index contributed by atoms with van der Waals surface area (Å²) < 4.78 is 4.62. The van der Waals surface area contributed by atoms with E-state index < -0.39 is 0 Å². The summed E-state index contributed by atoms with van der Waals surface area (Å²) >= 11 is 7.89. The van der Waals surface area contributed by atoms with Crippen LogP contribution >= 0.6 is 67.8 Å². The van der Waals surface area contributed by atoms with Crippen LogP contribution in [-0.4, -0.2) is 0 Å². The normalized spacial score (nSPS) is 11.3. The van der Waals surface area contributed by atoms with Crippen molar-refractivity contribution in [3.63, 3.8) is 0 Å². The fraction of sp³-hybridized carbons (Fsp3) is 0.750. The summed E-state index contributed by atoms with van der Waals surface area (Å²) in [5, 5.41) is 0. The summed E-state index contributed by atoms with van der Waals surface area (Å²) in [5.74, 6) is 0. The standard InChI is InChI=1S/C24H39I3/c1-4-7-10-13-16-19-20(17-14-11-8-5-2)22(25)24(27)23(26)21(19)18-15-12-9-6-3/h4-18H2,1-3H3. The van der Waals surface area contributed by atoms with E-state index in [4.69, 9.17) is 0 Å². The maximum absolute atomic E-state index is 2.64. The van der Waals surface area contributed by atoms with Crippen LogP contribution in [0.4, 0.5) is 0 Å². The minimum atomic E-state index is 1.29. The molecule has 0 amide bonds. The van der Waals surface area contributed by atoms with E-state index in [1.165, 1.54) is 99.9 Å². The summed E-state index contributed by atoms with van der Waals surface area (Å²) in [6, 6.07) is 0. The zero-order valence-corrected chi connectivity index (χ0v) is 24.2. The summed E-state index contributed by atoms with van der Waals surface area (Å²) in [6.07, 6.45) is 20.3. The molecule has 0 saturated carbocycles. The molecule has 27 heavy (non-hydrogen) atoms. The molecule has 1 rings (SSSR count). The lowest BCUT2D eigenvalue weighted by atomic mass is 9.90. The highest BCUT2D eigenvalue weighted by atomic mass is 127. The number of hydrogen-bond acceptors (Lipinski definition) is 0. The molecule has 3 heteroatoms. The molecule has 1 aromatic carbocycles. The van der Waals surface area contributed by atoms with E-state index >= 15 is 0 Å². The first kappa shape index (κ1) is 26.4. The number of halogens is 3. The Morgan fingerprint density at radius 1 is 0.407 bits per heavy atom. The highest BCUT2D eigenvalue weighted by Crippen LogP contribution is 2.35. The van der Waals surface area contributed by atoms with Crippen LogP contribution in [0.2, 0.25) is 0 Å². The Labute approximate surface area is 210 Å². The molecule has 0 saturated heterocycles. The van der Waals surface area contributed by atoms with Crippen LogP contribution < -0.4 is 0 Å². The summed E-state index contributed by atoms with van der Waals surface area (Å²) in [4.78, 5) is 0. The molecular weight excluding hydrogens is 669 g/mol. The molecule has 0 aliphatic rings. The lowest BCUT2D eigenvalue weighted by Crippen LogP contribution is -2.09. The molecule has 0 heterocycles. The van der Waals surface area contributed by atoms with Crippen LogP contribution in [0.3, 0.4) is 0 Å². The molecule has 0 fully saturated rings. The third-order valence-corrected chi connectivity index (χ3v) is 11.0. The largest absolute Gasteiger partial charge is 0.0654 e. The first-order chi connectivity index (χ1) is 13.1. The van der Waals surface area contributed by atoms with Crippen LogP contribution in [0.15, 0.2) is 0 Å². The van der Waals surface area contributed by atoms with Crippen molar-refractivity contribution >= 4 is 67.8 Å². The predicted molar refractivity (Wildman–Crippen MR) is 148 cm³/mol. The Hall–Kier alpha value is 1.41. The van der Waals surface area contributed by atoms with E-state index in [1.807, 2.05) is 0 Å². The number of benzene rings is 1. The second-order valence-corrected chi connectivity index (χ2v) is 11.0. The van der Waals surface area contributed by atoms with Crippen molar-refractivity contribution < 1.29 is 0 Å². The van der Waals surface area contributed by atoms with E-state index in [0.717, 1.165) is 0 Å². The fourth-order valence-electron chi connectivity index (χ4n) is 3.82.